The molecule has 0 aromatic carbocycles. The molecule has 66 valence electrons. The van der Waals surface area contributed by atoms with Crippen molar-refractivity contribution in [1.29, 1.82) is 0 Å². The first kappa shape index (κ1) is 10.7. The molecule has 0 aromatic rings. The van der Waals surface area contributed by atoms with Crippen LogP contribution in [-0.4, -0.2) is 35.3 Å². The monoisotopic (exact) mass is 302 g/mol. The molecule has 1 aliphatic rings. The van der Waals surface area contributed by atoms with Crippen molar-refractivity contribution in [3.8, 4) is 0 Å². The predicted octanol–water partition coefficient (Wildman–Crippen LogP) is 2.68. The summed E-state index contributed by atoms with van der Waals surface area (Å²) in [6.45, 7) is 8.88. The van der Waals surface area contributed by atoms with E-state index in [-0.39, 0.29) is 0 Å². The lowest BCUT2D eigenvalue weighted by molar-refractivity contribution is 1.75. The lowest BCUT2D eigenvalue weighted by Crippen LogP contribution is -2.09. The van der Waals surface area contributed by atoms with E-state index in [1.165, 1.54) is 6.56 Å². The molecule has 0 saturated carbocycles. The van der Waals surface area contributed by atoms with Gasteiger partial charge in [-0.25, -0.2) is 0 Å². The topological polar surface area (TPSA) is 0 Å². The van der Waals surface area contributed by atoms with E-state index in [4.69, 9.17) is 0 Å². The van der Waals surface area contributed by atoms with E-state index in [9.17, 15) is 0 Å². The van der Waals surface area contributed by atoms with Gasteiger partial charge in [-0.15, -0.1) is 29.4 Å². The lowest BCUT2D eigenvalue weighted by Gasteiger charge is -2.46. The van der Waals surface area contributed by atoms with E-state index in [1.54, 1.807) is 11.5 Å². The summed E-state index contributed by atoms with van der Waals surface area (Å²) in [6.07, 6.45) is 2.65. The van der Waals surface area contributed by atoms with Crippen LogP contribution in [0.25, 0.3) is 0 Å². The highest BCUT2D eigenvalue weighted by Gasteiger charge is 2.52. The number of hydrogen-bond acceptors (Lipinski definition) is 0. The van der Waals surface area contributed by atoms with Crippen molar-refractivity contribution in [2.75, 3.05) is 24.4 Å². The van der Waals surface area contributed by atoms with Gasteiger partial charge in [0, 0.05) is 0 Å². The van der Waals surface area contributed by atoms with Crippen molar-refractivity contribution in [3.05, 3.63) is 0 Å². The second kappa shape index (κ2) is 3.09. The van der Waals surface area contributed by atoms with Crippen molar-refractivity contribution >= 4 is 48.9 Å². The molecule has 11 heavy (non-hydrogen) atoms. The Morgan fingerprint density at radius 3 is 2.09 bits per heavy atom. The second-order valence-electron chi connectivity index (χ2n) is 4.15. The van der Waals surface area contributed by atoms with Gasteiger partial charge >= 0.3 is 0 Å². The van der Waals surface area contributed by atoms with Gasteiger partial charge in [-0.3, -0.25) is 8.63 Å². The molecule has 0 bridgehead atoms. The molecule has 0 radical (unpaired) electrons. The molecule has 0 nitrogen and oxygen atoms in total. The number of thiol groups is 1. The van der Waals surface area contributed by atoms with Gasteiger partial charge in [-0.05, 0) is 18.2 Å². The van der Waals surface area contributed by atoms with Crippen molar-refractivity contribution in [2.45, 2.75) is 13.6 Å². The van der Waals surface area contributed by atoms with Crippen LogP contribution in [0.5, 0.6) is 0 Å². The minimum atomic E-state index is -0.998. The molecule has 0 spiro atoms. The molecule has 1 atom stereocenters. The van der Waals surface area contributed by atoms with Crippen LogP contribution in [0.4, 0.5) is 0 Å². The Morgan fingerprint density at radius 1 is 1.55 bits per heavy atom. The average Bonchev–Trinajstić information content (AvgIpc) is 2.66. The van der Waals surface area contributed by atoms with Gasteiger partial charge in [-0.1, -0.05) is 19.9 Å². The normalized spacial score (nSPS) is 31.2. The summed E-state index contributed by atoms with van der Waals surface area (Å²) >= 11 is 2.63. The molecular formula is C6H18B2IPS. The Balaban J connectivity index is 2.72. The average molecular weight is 302 g/mol. The van der Waals surface area contributed by atoms with E-state index in [0.29, 0.717) is 7.00 Å². The van der Waals surface area contributed by atoms with Crippen LogP contribution >= 0.6 is 38.0 Å². The van der Waals surface area contributed by atoms with Gasteiger partial charge in [0.15, 0.2) is 6.56 Å². The first-order chi connectivity index (χ1) is 4.93. The summed E-state index contributed by atoms with van der Waals surface area (Å²) in [5, 5.41) is 0. The molecule has 1 fully saturated rings. The lowest BCUT2D eigenvalue weighted by atomic mass is 10.2. The highest BCUT2D eigenvalue weighted by Crippen LogP contribution is 2.96. The van der Waals surface area contributed by atoms with Gasteiger partial charge < -0.3 is 0 Å². The molecule has 0 amide bonds. The van der Waals surface area contributed by atoms with Crippen molar-refractivity contribution in [1.82, 2.24) is 0 Å². The zero-order valence-electron chi connectivity index (χ0n) is 7.97. The van der Waals surface area contributed by atoms with Crippen molar-refractivity contribution in [3.63, 3.8) is 0 Å². The summed E-state index contributed by atoms with van der Waals surface area (Å²) in [5.74, 6) is 3.22. The predicted molar refractivity (Wildman–Crippen MR) is 76.1 cm³/mol. The van der Waals surface area contributed by atoms with E-state index >= 15 is 0 Å². The summed E-state index contributed by atoms with van der Waals surface area (Å²) in [7, 11) is -0.635. The first-order valence-electron chi connectivity index (χ1n) is 4.30. The SMILES string of the molecule is CB[SH]1(C)(P(C)B(C)I)CC1. The van der Waals surface area contributed by atoms with Gasteiger partial charge in [0.1, 0.15) is 0 Å². The molecule has 0 N–H and O–H groups in total. The van der Waals surface area contributed by atoms with Gasteiger partial charge in [0.05, 0.1) is 0 Å². The van der Waals surface area contributed by atoms with Crippen LogP contribution in [0.1, 0.15) is 0 Å². The van der Waals surface area contributed by atoms with Gasteiger partial charge in [-0.2, -0.15) is 0 Å². The fraction of sp³-hybridized carbons (Fsp3) is 1.00. The molecule has 1 saturated heterocycles. The maximum Gasteiger partial charge on any atom is 0.249 e. The molecule has 1 rings (SSSR count). The maximum absolute atomic E-state index is 2.65. The fourth-order valence-corrected chi connectivity index (χ4v) is 20.0. The maximum atomic E-state index is 2.65. The van der Waals surface area contributed by atoms with E-state index in [0.717, 1.165) is 4.29 Å². The van der Waals surface area contributed by atoms with Gasteiger partial charge in [0.25, 0.3) is 0 Å². The minimum Gasteiger partial charge on any atom is -0.295 e. The Bertz CT molecular complexity index is 172. The number of rotatable bonds is 3. The highest BCUT2D eigenvalue weighted by atomic mass is 127. The Labute approximate surface area is 86.5 Å². The highest BCUT2D eigenvalue weighted by molar-refractivity contribution is 14.1. The Kier molecular flexibility index (Phi) is 3.01. The third kappa shape index (κ3) is 1.78. The Morgan fingerprint density at radius 2 is 2.00 bits per heavy atom. The largest absolute Gasteiger partial charge is 0.295 e. The second-order valence-corrected chi connectivity index (χ2v) is 20.6. The third-order valence-electron chi connectivity index (χ3n) is 3.59. The molecule has 0 aliphatic carbocycles. The summed E-state index contributed by atoms with van der Waals surface area (Å²) in [4.78, 5) is 0. The van der Waals surface area contributed by atoms with Crippen LogP contribution < -0.4 is 0 Å². The smallest absolute Gasteiger partial charge is 0.249 e. The summed E-state index contributed by atoms with van der Waals surface area (Å²) in [5.41, 5.74) is 0. The first-order valence-corrected chi connectivity index (χ1v) is 11.4. The van der Waals surface area contributed by atoms with Crippen LogP contribution in [-0.2, 0) is 0 Å². The molecule has 1 unspecified atom stereocenters. The summed E-state index contributed by atoms with van der Waals surface area (Å²) in [6, 6.07) is 0. The zero-order chi connectivity index (χ0) is 8.72. The summed E-state index contributed by atoms with van der Waals surface area (Å²) < 4.78 is 0.938. The molecule has 1 aliphatic heterocycles. The van der Waals surface area contributed by atoms with Crippen LogP contribution in [0.3, 0.4) is 0 Å². The molecule has 0 aromatic heterocycles. The number of halogens is 1. The van der Waals surface area contributed by atoms with Crippen molar-refractivity contribution < 1.29 is 0 Å². The quantitative estimate of drug-likeness (QED) is 0.268. The van der Waals surface area contributed by atoms with E-state index in [1.807, 2.05) is 0 Å². The van der Waals surface area contributed by atoms with Crippen LogP contribution in [0, 0.1) is 0 Å². The third-order valence-corrected chi connectivity index (χ3v) is 23.6. The molecule has 1 heterocycles. The molecular weight excluding hydrogens is 284 g/mol. The van der Waals surface area contributed by atoms with Crippen LogP contribution in [0.15, 0.2) is 0 Å². The fourth-order valence-electron chi connectivity index (χ4n) is 1.57. The number of hydrogen-bond donors (Lipinski definition) is 1. The van der Waals surface area contributed by atoms with E-state index < -0.39 is 8.63 Å². The zero-order valence-corrected chi connectivity index (χ0v) is 11.9. The minimum absolute atomic E-state index is 0.363. The van der Waals surface area contributed by atoms with E-state index in [2.05, 4.69) is 48.9 Å². The van der Waals surface area contributed by atoms with Gasteiger partial charge in [0.2, 0.25) is 4.29 Å². The molecule has 5 heteroatoms. The van der Waals surface area contributed by atoms with Crippen molar-refractivity contribution in [2.24, 2.45) is 0 Å². The Hall–Kier alpha value is 1.64. The standard InChI is InChI=1S/C6H18B2IPS/c1-7-11(4,5-6-11)10(3)8(2)9/h7,11H,5-6H2,1-4H3. The van der Waals surface area contributed by atoms with Crippen LogP contribution in [0.2, 0.25) is 13.6 Å².